The molecule has 7 heavy (non-hydrogen) atoms. The Hall–Kier alpha value is 1.32. The van der Waals surface area contributed by atoms with Crippen LogP contribution in [0.3, 0.4) is 0 Å². The van der Waals surface area contributed by atoms with Crippen LogP contribution >= 0.6 is 11.8 Å². The summed E-state index contributed by atoms with van der Waals surface area (Å²) in [6.07, 6.45) is 1.20. The van der Waals surface area contributed by atoms with Gasteiger partial charge in [-0.3, -0.25) is 0 Å². The Kier molecular flexibility index (Phi) is 16.5. The minimum Gasteiger partial charge on any atom is -0.669 e. The molecular formula is C4H10NNpS-. The molecule has 1 N–H and O–H groups in total. The Bertz CT molecular complexity index is 23.7. The van der Waals surface area contributed by atoms with Crippen LogP contribution in [0.25, 0.3) is 5.73 Å². The van der Waals surface area contributed by atoms with Gasteiger partial charge in [-0.2, -0.15) is 11.8 Å². The van der Waals surface area contributed by atoms with Gasteiger partial charge in [0.1, 0.15) is 0 Å². The normalized spacial score (nSPS) is 7.71. The van der Waals surface area contributed by atoms with E-state index in [1.54, 1.807) is 11.8 Å². The van der Waals surface area contributed by atoms with E-state index < -0.39 is 0 Å². The van der Waals surface area contributed by atoms with E-state index in [0.29, 0.717) is 5.88 Å². The van der Waals surface area contributed by atoms with Gasteiger partial charge in [-0.1, -0.05) is 6.92 Å². The molecule has 0 aromatic heterocycles. The van der Waals surface area contributed by atoms with Gasteiger partial charge in [-0.25, -0.2) is 0 Å². The predicted molar refractivity (Wildman–Crippen MR) is 31.9 cm³/mol. The van der Waals surface area contributed by atoms with Crippen LogP contribution < -0.4 is 0 Å². The average Bonchev–Trinajstić information content (AvgIpc) is 1.61. The molecule has 0 saturated heterocycles. The summed E-state index contributed by atoms with van der Waals surface area (Å²) in [6, 6.07) is 0. The van der Waals surface area contributed by atoms with Crippen molar-refractivity contribution in [1.82, 2.24) is 0 Å². The van der Waals surface area contributed by atoms with E-state index in [2.05, 4.69) is 6.92 Å². The van der Waals surface area contributed by atoms with Gasteiger partial charge < -0.3 is 5.73 Å². The molecule has 0 atom stereocenters. The first-order valence-electron chi connectivity index (χ1n) is 2.14. The van der Waals surface area contributed by atoms with Crippen LogP contribution in [-0.4, -0.2) is 11.6 Å². The Morgan fingerprint density at radius 3 is 2.29 bits per heavy atom. The number of hydrogen-bond acceptors (Lipinski definition) is 1. The summed E-state index contributed by atoms with van der Waals surface area (Å²) in [5.41, 5.74) is 6.67. The molecule has 0 heterocycles. The van der Waals surface area contributed by atoms with Gasteiger partial charge in [0.15, 0.2) is 0 Å². The molecule has 43 valence electrons. The Morgan fingerprint density at radius 2 is 2.14 bits per heavy atom. The molecule has 0 aromatic rings. The first-order chi connectivity index (χ1) is 2.91. The third kappa shape index (κ3) is 11.1. The van der Waals surface area contributed by atoms with Crippen LogP contribution in [-0.2, 0) is 0 Å². The number of thioether (sulfide) groups is 1. The monoisotopic (exact) mass is 340 g/mol. The molecular weight excluding hydrogens is 331 g/mol. The zero-order valence-electron chi connectivity index (χ0n) is 4.48. The van der Waals surface area contributed by atoms with Crippen LogP contribution in [0, 0.1) is 29.9 Å². The summed E-state index contributed by atoms with van der Waals surface area (Å²) >= 11 is 1.67. The Morgan fingerprint density at radius 1 is 1.57 bits per heavy atom. The van der Waals surface area contributed by atoms with E-state index in [1.165, 1.54) is 6.42 Å². The maximum absolute atomic E-state index is 6.67. The zero-order chi connectivity index (χ0) is 4.83. The first-order valence-corrected chi connectivity index (χ1v) is 3.29. The first kappa shape index (κ1) is 11.2. The molecule has 0 unspecified atom stereocenters. The molecule has 0 saturated carbocycles. The smallest absolute Gasteiger partial charge is 0 e. The van der Waals surface area contributed by atoms with Crippen LogP contribution in [0.15, 0.2) is 0 Å². The van der Waals surface area contributed by atoms with Gasteiger partial charge in [-0.15, -0.1) is 5.88 Å². The molecule has 1 nitrogen and oxygen atoms in total. The molecule has 0 aliphatic carbocycles. The summed E-state index contributed by atoms with van der Waals surface area (Å²) in [6.45, 7) is 2.13. The number of rotatable bonds is 3. The molecule has 3 heteroatoms. The van der Waals surface area contributed by atoms with Gasteiger partial charge in [-0.05, 0) is 12.2 Å². The van der Waals surface area contributed by atoms with Crippen molar-refractivity contribution >= 4 is 11.8 Å². The molecule has 0 rings (SSSR count). The maximum Gasteiger partial charge on any atom is 0 e. The largest absolute Gasteiger partial charge is 0.669 e. The SMILES string of the molecule is CCCSC[NH-].[Np]. The van der Waals surface area contributed by atoms with E-state index in [4.69, 9.17) is 5.73 Å². The van der Waals surface area contributed by atoms with Gasteiger partial charge in [0, 0.05) is 29.9 Å². The van der Waals surface area contributed by atoms with Crippen molar-refractivity contribution in [3.05, 3.63) is 5.73 Å². The third-order valence-electron chi connectivity index (χ3n) is 0.451. The van der Waals surface area contributed by atoms with Crippen molar-refractivity contribution in [1.29, 1.82) is 0 Å². The molecule has 0 aliphatic rings. The van der Waals surface area contributed by atoms with E-state index in [1.807, 2.05) is 0 Å². The second-order valence-corrected chi connectivity index (χ2v) is 2.16. The summed E-state index contributed by atoms with van der Waals surface area (Å²) in [4.78, 5) is 0. The van der Waals surface area contributed by atoms with Crippen LogP contribution in [0.4, 0.5) is 0 Å². The van der Waals surface area contributed by atoms with Crippen molar-refractivity contribution in [2.24, 2.45) is 0 Å². The molecule has 0 aliphatic heterocycles. The summed E-state index contributed by atoms with van der Waals surface area (Å²) in [5, 5.41) is 0. The summed E-state index contributed by atoms with van der Waals surface area (Å²) < 4.78 is 0. The van der Waals surface area contributed by atoms with Gasteiger partial charge in [0.05, 0.1) is 0 Å². The molecule has 0 aromatic carbocycles. The van der Waals surface area contributed by atoms with Crippen molar-refractivity contribution in [3.63, 3.8) is 0 Å². The maximum atomic E-state index is 6.67. The minimum atomic E-state index is 0. The standard InChI is InChI=1S/C4H10NS.Np/c1-2-3-6-4-5;/h5H,2-4H2,1H3;/q-1;. The minimum absolute atomic E-state index is 0. The summed E-state index contributed by atoms with van der Waals surface area (Å²) in [5.74, 6) is 1.66. The van der Waals surface area contributed by atoms with Crippen molar-refractivity contribution in [3.8, 4) is 0 Å². The van der Waals surface area contributed by atoms with E-state index >= 15 is 0 Å². The fourth-order valence-electron chi connectivity index (χ4n) is 0.217. The number of hydrogen-bond donors (Lipinski definition) is 0. The van der Waals surface area contributed by atoms with Crippen molar-refractivity contribution in [2.75, 3.05) is 11.6 Å². The molecule has 0 spiro atoms. The second kappa shape index (κ2) is 10.3. The Labute approximate surface area is 72.1 Å². The van der Waals surface area contributed by atoms with Crippen LogP contribution in [0.1, 0.15) is 13.3 Å². The Balaban J connectivity index is 0. The number of nitrogens with one attached hydrogen (secondary N) is 1. The average molecular weight is 341 g/mol. The molecule has 0 bridgehead atoms. The fraction of sp³-hybridized carbons (Fsp3) is 1.00. The van der Waals surface area contributed by atoms with Gasteiger partial charge in [0.2, 0.25) is 0 Å². The zero-order valence-corrected chi connectivity index (χ0v) is 9.02. The second-order valence-electron chi connectivity index (χ2n) is 1.05. The van der Waals surface area contributed by atoms with E-state index in [0.717, 1.165) is 5.75 Å². The van der Waals surface area contributed by atoms with Gasteiger partial charge >= 0.3 is 0 Å². The fourth-order valence-corrected chi connectivity index (χ4v) is 0.650. The third-order valence-corrected chi connectivity index (χ3v) is 1.35. The quantitative estimate of drug-likeness (QED) is 0.722. The summed E-state index contributed by atoms with van der Waals surface area (Å²) in [7, 11) is 0. The molecule has 0 amide bonds. The van der Waals surface area contributed by atoms with Gasteiger partial charge in [0.25, 0.3) is 0 Å². The molecule has 0 fully saturated rings. The van der Waals surface area contributed by atoms with E-state index in [-0.39, 0.29) is 29.9 Å². The topological polar surface area (TPSA) is 23.8 Å². The molecule has 1 radical (unpaired) electrons. The van der Waals surface area contributed by atoms with Crippen molar-refractivity contribution < 1.29 is 29.9 Å². The van der Waals surface area contributed by atoms with Crippen LogP contribution in [0.5, 0.6) is 0 Å². The van der Waals surface area contributed by atoms with Crippen LogP contribution in [0.2, 0.25) is 0 Å². The predicted octanol–water partition coefficient (Wildman–Crippen LogP) is 2.14. The van der Waals surface area contributed by atoms with Crippen molar-refractivity contribution in [2.45, 2.75) is 13.3 Å². The van der Waals surface area contributed by atoms with E-state index in [9.17, 15) is 0 Å².